The summed E-state index contributed by atoms with van der Waals surface area (Å²) in [5.74, 6) is -0.492. The topological polar surface area (TPSA) is 81.1 Å². The Hall–Kier alpha value is -2.01. The lowest BCUT2D eigenvalue weighted by Crippen LogP contribution is -2.13. The molecule has 4 nitrogen and oxygen atoms in total. The van der Waals surface area contributed by atoms with E-state index in [1.165, 1.54) is 0 Å². The number of carbonyl (C=O) groups is 1. The van der Waals surface area contributed by atoms with Crippen molar-refractivity contribution in [2.24, 2.45) is 5.73 Å². The van der Waals surface area contributed by atoms with Gasteiger partial charge in [0.2, 0.25) is 0 Å². The van der Waals surface area contributed by atoms with Gasteiger partial charge >= 0.3 is 0 Å². The lowest BCUT2D eigenvalue weighted by atomic mass is 10.1. The predicted octanol–water partition coefficient (Wildman–Crippen LogP) is 3.18. The van der Waals surface area contributed by atoms with E-state index < -0.39 is 5.91 Å². The van der Waals surface area contributed by atoms with Crippen molar-refractivity contribution in [1.29, 1.82) is 0 Å². The number of aryl methyl sites for hydroxylation is 1. The van der Waals surface area contributed by atoms with Crippen LogP contribution < -0.4 is 16.8 Å². The van der Waals surface area contributed by atoms with Crippen LogP contribution in [0.3, 0.4) is 0 Å². The van der Waals surface area contributed by atoms with Gasteiger partial charge < -0.3 is 16.8 Å². The van der Waals surface area contributed by atoms with Gasteiger partial charge in [-0.1, -0.05) is 22.0 Å². The molecule has 2 aromatic carbocycles. The van der Waals surface area contributed by atoms with Crippen molar-refractivity contribution in [2.75, 3.05) is 11.1 Å². The molecule has 1 amide bonds. The third-order valence-electron chi connectivity index (χ3n) is 2.76. The second-order valence-corrected chi connectivity index (χ2v) is 5.11. The maximum absolute atomic E-state index is 11.4. The number of hydrogen-bond acceptors (Lipinski definition) is 3. The molecule has 0 saturated heterocycles. The maximum Gasteiger partial charge on any atom is 0.250 e. The Morgan fingerprint density at radius 3 is 2.58 bits per heavy atom. The molecular formula is C14H14BrN3O. The number of rotatable bonds is 3. The molecule has 5 N–H and O–H groups in total. The molecule has 2 rings (SSSR count). The summed E-state index contributed by atoms with van der Waals surface area (Å²) in [5.41, 5.74) is 14.6. The standard InChI is InChI=1S/C14H14BrN3O/c1-8-2-4-10(7-12(8)15)18-13-6-9(16)3-5-11(13)14(17)19/h2-7,18H,16H2,1H3,(H2,17,19). The average molecular weight is 320 g/mol. The summed E-state index contributed by atoms with van der Waals surface area (Å²) in [5, 5.41) is 3.15. The number of primary amides is 1. The monoisotopic (exact) mass is 319 g/mol. The summed E-state index contributed by atoms with van der Waals surface area (Å²) in [7, 11) is 0. The molecule has 0 aromatic heterocycles. The van der Waals surface area contributed by atoms with Gasteiger partial charge in [-0.3, -0.25) is 4.79 Å². The van der Waals surface area contributed by atoms with E-state index in [0.717, 1.165) is 15.7 Å². The van der Waals surface area contributed by atoms with Crippen LogP contribution in [-0.2, 0) is 0 Å². The Balaban J connectivity index is 2.39. The average Bonchev–Trinajstić information content (AvgIpc) is 2.33. The third kappa shape index (κ3) is 3.06. The van der Waals surface area contributed by atoms with Crippen molar-refractivity contribution in [3.63, 3.8) is 0 Å². The Kier molecular flexibility index (Phi) is 3.76. The Bertz CT molecular complexity index is 641. The van der Waals surface area contributed by atoms with E-state index in [0.29, 0.717) is 16.9 Å². The first-order valence-electron chi connectivity index (χ1n) is 5.70. The number of nitrogen functional groups attached to an aromatic ring is 1. The molecule has 0 radical (unpaired) electrons. The molecule has 0 bridgehead atoms. The molecule has 19 heavy (non-hydrogen) atoms. The number of hydrogen-bond donors (Lipinski definition) is 3. The number of nitrogens with one attached hydrogen (secondary N) is 1. The number of nitrogens with two attached hydrogens (primary N) is 2. The minimum atomic E-state index is -0.492. The SMILES string of the molecule is Cc1ccc(Nc2cc(N)ccc2C(N)=O)cc1Br. The van der Waals surface area contributed by atoms with Crippen molar-refractivity contribution < 1.29 is 4.79 Å². The quantitative estimate of drug-likeness (QED) is 0.760. The fraction of sp³-hybridized carbons (Fsp3) is 0.0714. The second-order valence-electron chi connectivity index (χ2n) is 4.26. The molecule has 0 aliphatic heterocycles. The highest BCUT2D eigenvalue weighted by molar-refractivity contribution is 9.10. The Morgan fingerprint density at radius 2 is 1.95 bits per heavy atom. The van der Waals surface area contributed by atoms with E-state index in [9.17, 15) is 4.79 Å². The molecule has 5 heteroatoms. The summed E-state index contributed by atoms with van der Waals surface area (Å²) in [4.78, 5) is 11.4. The molecule has 0 aliphatic carbocycles. The van der Waals surface area contributed by atoms with Gasteiger partial charge in [0, 0.05) is 15.8 Å². The van der Waals surface area contributed by atoms with Crippen LogP contribution in [-0.4, -0.2) is 5.91 Å². The smallest absolute Gasteiger partial charge is 0.250 e. The molecule has 0 fully saturated rings. The van der Waals surface area contributed by atoms with Gasteiger partial charge in [0.1, 0.15) is 0 Å². The van der Waals surface area contributed by atoms with Crippen molar-refractivity contribution in [1.82, 2.24) is 0 Å². The molecule has 0 spiro atoms. The van der Waals surface area contributed by atoms with Gasteiger partial charge in [0.05, 0.1) is 11.3 Å². The van der Waals surface area contributed by atoms with Crippen LogP contribution in [0.2, 0.25) is 0 Å². The van der Waals surface area contributed by atoms with Crippen LogP contribution in [0.5, 0.6) is 0 Å². The van der Waals surface area contributed by atoms with Crippen molar-refractivity contribution in [3.8, 4) is 0 Å². The van der Waals surface area contributed by atoms with Crippen LogP contribution in [0.15, 0.2) is 40.9 Å². The first-order chi connectivity index (χ1) is 8.97. The highest BCUT2D eigenvalue weighted by atomic mass is 79.9. The van der Waals surface area contributed by atoms with Crippen LogP contribution in [0, 0.1) is 6.92 Å². The molecule has 0 atom stereocenters. The van der Waals surface area contributed by atoms with Crippen molar-refractivity contribution in [2.45, 2.75) is 6.92 Å². The third-order valence-corrected chi connectivity index (χ3v) is 3.61. The van der Waals surface area contributed by atoms with Gasteiger partial charge in [-0.2, -0.15) is 0 Å². The maximum atomic E-state index is 11.4. The summed E-state index contributed by atoms with van der Waals surface area (Å²) in [6.07, 6.45) is 0. The highest BCUT2D eigenvalue weighted by Gasteiger charge is 2.09. The fourth-order valence-corrected chi connectivity index (χ4v) is 2.09. The lowest BCUT2D eigenvalue weighted by Gasteiger charge is -2.12. The molecular weight excluding hydrogens is 306 g/mol. The summed E-state index contributed by atoms with van der Waals surface area (Å²) >= 11 is 3.47. The van der Waals surface area contributed by atoms with Crippen LogP contribution in [0.1, 0.15) is 15.9 Å². The second kappa shape index (κ2) is 5.32. The molecule has 0 heterocycles. The number of amides is 1. The largest absolute Gasteiger partial charge is 0.399 e. The fourth-order valence-electron chi connectivity index (χ4n) is 1.71. The van der Waals surface area contributed by atoms with Crippen LogP contribution >= 0.6 is 15.9 Å². The lowest BCUT2D eigenvalue weighted by molar-refractivity contribution is 0.100. The zero-order valence-corrected chi connectivity index (χ0v) is 12.0. The van der Waals surface area contributed by atoms with Crippen molar-refractivity contribution in [3.05, 3.63) is 52.0 Å². The number of anilines is 3. The zero-order valence-electron chi connectivity index (χ0n) is 10.4. The first-order valence-corrected chi connectivity index (χ1v) is 6.49. The summed E-state index contributed by atoms with van der Waals surface area (Å²) in [6.45, 7) is 2.00. The van der Waals surface area contributed by atoms with E-state index >= 15 is 0 Å². The summed E-state index contributed by atoms with van der Waals surface area (Å²) < 4.78 is 0.988. The number of benzene rings is 2. The minimum Gasteiger partial charge on any atom is -0.399 e. The normalized spacial score (nSPS) is 10.2. The zero-order chi connectivity index (χ0) is 14.0. The van der Waals surface area contributed by atoms with E-state index in [2.05, 4.69) is 21.2 Å². The Morgan fingerprint density at radius 1 is 1.21 bits per heavy atom. The molecule has 0 saturated carbocycles. The van der Waals surface area contributed by atoms with E-state index in [4.69, 9.17) is 11.5 Å². The first kappa shape index (κ1) is 13.4. The molecule has 0 unspecified atom stereocenters. The van der Waals surface area contributed by atoms with Crippen molar-refractivity contribution >= 4 is 38.9 Å². The predicted molar refractivity (Wildman–Crippen MR) is 81.5 cm³/mol. The van der Waals surface area contributed by atoms with Gasteiger partial charge in [0.15, 0.2) is 0 Å². The minimum absolute atomic E-state index is 0.408. The van der Waals surface area contributed by atoms with Gasteiger partial charge in [-0.25, -0.2) is 0 Å². The highest BCUT2D eigenvalue weighted by Crippen LogP contribution is 2.26. The van der Waals surface area contributed by atoms with Gasteiger partial charge in [-0.15, -0.1) is 0 Å². The van der Waals surface area contributed by atoms with E-state index in [1.807, 2.05) is 25.1 Å². The molecule has 2 aromatic rings. The molecule has 0 aliphatic rings. The van der Waals surface area contributed by atoms with E-state index in [1.54, 1.807) is 18.2 Å². The number of halogens is 1. The van der Waals surface area contributed by atoms with Crippen LogP contribution in [0.4, 0.5) is 17.1 Å². The van der Waals surface area contributed by atoms with Gasteiger partial charge in [0.25, 0.3) is 5.91 Å². The molecule has 98 valence electrons. The van der Waals surface area contributed by atoms with E-state index in [-0.39, 0.29) is 0 Å². The number of carbonyl (C=O) groups excluding carboxylic acids is 1. The van der Waals surface area contributed by atoms with Gasteiger partial charge in [-0.05, 0) is 42.8 Å². The summed E-state index contributed by atoms with van der Waals surface area (Å²) in [6, 6.07) is 10.8. The van der Waals surface area contributed by atoms with Crippen LogP contribution in [0.25, 0.3) is 0 Å². The Labute approximate surface area is 119 Å².